The van der Waals surface area contributed by atoms with E-state index in [2.05, 4.69) is 0 Å². The van der Waals surface area contributed by atoms with E-state index in [1.165, 1.54) is 14.2 Å². The molecule has 0 aromatic heterocycles. The predicted octanol–water partition coefficient (Wildman–Crippen LogP) is 4.34. The number of rotatable bonds is 4. The minimum atomic E-state index is 0.0142. The van der Waals surface area contributed by atoms with E-state index < -0.39 is 0 Å². The molecule has 5 heteroatoms. The molecule has 5 nitrogen and oxygen atoms in total. The molecule has 1 aliphatic rings. The molecule has 0 unspecified atom stereocenters. The number of phenols is 2. The van der Waals surface area contributed by atoms with E-state index in [-0.39, 0.29) is 17.3 Å². The first kappa shape index (κ1) is 18.6. The summed E-state index contributed by atoms with van der Waals surface area (Å²) in [5, 5.41) is 19.4. The van der Waals surface area contributed by atoms with Crippen LogP contribution in [0, 0.1) is 0 Å². The summed E-state index contributed by atoms with van der Waals surface area (Å²) >= 11 is 0. The van der Waals surface area contributed by atoms with E-state index in [0.29, 0.717) is 24.3 Å². The second-order valence-electron chi connectivity index (χ2n) is 6.38. The number of ether oxygens (including phenoxy) is 2. The van der Waals surface area contributed by atoms with Crippen LogP contribution in [0.2, 0.25) is 0 Å². The Morgan fingerprint density at radius 2 is 1.26 bits per heavy atom. The maximum absolute atomic E-state index is 12.9. The molecule has 0 radical (unpaired) electrons. The Morgan fingerprint density at radius 1 is 0.815 bits per heavy atom. The third kappa shape index (κ3) is 4.14. The van der Waals surface area contributed by atoms with Gasteiger partial charge in [0.1, 0.15) is 0 Å². The van der Waals surface area contributed by atoms with Gasteiger partial charge in [-0.3, -0.25) is 4.79 Å². The molecule has 0 bridgehead atoms. The highest BCUT2D eigenvalue weighted by Crippen LogP contribution is 2.32. The van der Waals surface area contributed by atoms with E-state index >= 15 is 0 Å². The van der Waals surface area contributed by atoms with Crippen LogP contribution in [0.25, 0.3) is 12.2 Å². The fourth-order valence-electron chi connectivity index (χ4n) is 3.15. The summed E-state index contributed by atoms with van der Waals surface area (Å²) in [6, 6.07) is 10.0. The van der Waals surface area contributed by atoms with Gasteiger partial charge in [0.05, 0.1) is 14.2 Å². The van der Waals surface area contributed by atoms with Crippen LogP contribution in [0.1, 0.15) is 30.4 Å². The minimum absolute atomic E-state index is 0.0142. The van der Waals surface area contributed by atoms with Crippen LogP contribution >= 0.6 is 0 Å². The van der Waals surface area contributed by atoms with Gasteiger partial charge in [-0.25, -0.2) is 0 Å². The number of carbonyl (C=O) groups excluding carboxylic acids is 1. The van der Waals surface area contributed by atoms with Crippen molar-refractivity contribution in [3.8, 4) is 23.0 Å². The van der Waals surface area contributed by atoms with Crippen molar-refractivity contribution in [1.29, 1.82) is 0 Å². The first-order valence-corrected chi connectivity index (χ1v) is 8.71. The molecular weight excluding hydrogens is 344 g/mol. The van der Waals surface area contributed by atoms with Gasteiger partial charge in [-0.2, -0.15) is 0 Å². The Morgan fingerprint density at radius 3 is 1.67 bits per heavy atom. The zero-order valence-electron chi connectivity index (χ0n) is 15.4. The molecule has 0 aliphatic heterocycles. The lowest BCUT2D eigenvalue weighted by Crippen LogP contribution is -2.12. The van der Waals surface area contributed by atoms with E-state index in [1.807, 2.05) is 12.2 Å². The maximum atomic E-state index is 12.9. The number of Topliss-reactive ketones (excluding diaryl/α,β-unsaturated/α-hetero) is 1. The molecular formula is C22H22O5. The van der Waals surface area contributed by atoms with Crippen molar-refractivity contribution in [2.75, 3.05) is 14.2 Å². The predicted molar refractivity (Wildman–Crippen MR) is 104 cm³/mol. The second kappa shape index (κ2) is 7.99. The number of methoxy groups -OCH3 is 2. The summed E-state index contributed by atoms with van der Waals surface area (Å²) in [6.07, 6.45) is 5.98. The molecule has 27 heavy (non-hydrogen) atoms. The molecule has 2 aromatic rings. The Bertz CT molecular complexity index is 851. The highest BCUT2D eigenvalue weighted by Gasteiger charge is 2.20. The number of allylic oxidation sites excluding steroid dienone is 2. The van der Waals surface area contributed by atoms with Crippen LogP contribution in [0.4, 0.5) is 0 Å². The van der Waals surface area contributed by atoms with E-state index in [4.69, 9.17) is 9.47 Å². The Kier molecular flexibility index (Phi) is 5.50. The fourth-order valence-corrected chi connectivity index (χ4v) is 3.15. The molecule has 140 valence electrons. The average Bonchev–Trinajstić information content (AvgIpc) is 2.67. The van der Waals surface area contributed by atoms with Crippen molar-refractivity contribution in [1.82, 2.24) is 0 Å². The van der Waals surface area contributed by atoms with Crippen LogP contribution in [0.15, 0.2) is 47.5 Å². The zero-order chi connectivity index (χ0) is 19.4. The lowest BCUT2D eigenvalue weighted by Gasteiger charge is -2.17. The average molecular weight is 366 g/mol. The molecule has 0 heterocycles. The van der Waals surface area contributed by atoms with Crippen LogP contribution in [0.5, 0.6) is 23.0 Å². The summed E-state index contributed by atoms with van der Waals surface area (Å²) in [6.45, 7) is 0. The summed E-state index contributed by atoms with van der Waals surface area (Å²) in [7, 11) is 2.98. The van der Waals surface area contributed by atoms with E-state index in [1.54, 1.807) is 36.4 Å². The third-order valence-electron chi connectivity index (χ3n) is 4.56. The topological polar surface area (TPSA) is 76.0 Å². The maximum Gasteiger partial charge on any atom is 0.185 e. The van der Waals surface area contributed by atoms with Gasteiger partial charge in [0.25, 0.3) is 0 Å². The van der Waals surface area contributed by atoms with Crippen molar-refractivity contribution in [3.63, 3.8) is 0 Å². The van der Waals surface area contributed by atoms with E-state index in [0.717, 1.165) is 28.7 Å². The van der Waals surface area contributed by atoms with Crippen molar-refractivity contribution in [2.45, 2.75) is 19.3 Å². The molecule has 2 N–H and O–H groups in total. The van der Waals surface area contributed by atoms with Gasteiger partial charge in [0.15, 0.2) is 28.8 Å². The monoisotopic (exact) mass is 366 g/mol. The standard InChI is InChI=1S/C22H22O5/c1-26-20-12-14(6-8-18(20)23)10-16-4-3-5-17(22(16)25)11-15-7-9-19(24)21(13-15)27-2/h6-13,23-24H,3-5H2,1-2H3. The van der Waals surface area contributed by atoms with E-state index in [9.17, 15) is 15.0 Å². The lowest BCUT2D eigenvalue weighted by molar-refractivity contribution is -0.112. The van der Waals surface area contributed by atoms with Gasteiger partial charge >= 0.3 is 0 Å². The van der Waals surface area contributed by atoms with Crippen molar-refractivity contribution in [3.05, 3.63) is 58.7 Å². The van der Waals surface area contributed by atoms with Crippen LogP contribution in [-0.4, -0.2) is 30.2 Å². The summed E-state index contributed by atoms with van der Waals surface area (Å²) in [4.78, 5) is 12.9. The van der Waals surface area contributed by atoms with Crippen molar-refractivity contribution in [2.24, 2.45) is 0 Å². The highest BCUT2D eigenvalue weighted by molar-refractivity contribution is 6.14. The molecule has 2 aromatic carbocycles. The number of hydrogen-bond donors (Lipinski definition) is 2. The quantitative estimate of drug-likeness (QED) is 0.788. The number of benzene rings is 2. The molecule has 1 aliphatic carbocycles. The van der Waals surface area contributed by atoms with Gasteiger partial charge in [-0.1, -0.05) is 12.1 Å². The molecule has 1 saturated carbocycles. The van der Waals surface area contributed by atoms with Crippen LogP contribution < -0.4 is 9.47 Å². The van der Waals surface area contributed by atoms with Gasteiger partial charge < -0.3 is 19.7 Å². The highest BCUT2D eigenvalue weighted by atomic mass is 16.5. The molecule has 1 fully saturated rings. The summed E-state index contributed by atoms with van der Waals surface area (Å²) in [5.74, 6) is 0.896. The first-order valence-electron chi connectivity index (χ1n) is 8.71. The third-order valence-corrected chi connectivity index (χ3v) is 4.56. The first-order chi connectivity index (χ1) is 13.0. The van der Waals surface area contributed by atoms with Crippen molar-refractivity contribution >= 4 is 17.9 Å². The number of carbonyl (C=O) groups is 1. The number of phenolic OH excluding ortho intramolecular Hbond substituents is 2. The molecule has 0 atom stereocenters. The molecule has 0 spiro atoms. The van der Waals surface area contributed by atoms with Gasteiger partial charge in [0.2, 0.25) is 0 Å². The largest absolute Gasteiger partial charge is 0.504 e. The Balaban J connectivity index is 1.89. The number of ketones is 1. The van der Waals surface area contributed by atoms with Gasteiger partial charge in [0, 0.05) is 11.1 Å². The molecule has 3 rings (SSSR count). The van der Waals surface area contributed by atoms with Crippen LogP contribution in [0.3, 0.4) is 0 Å². The minimum Gasteiger partial charge on any atom is -0.504 e. The van der Waals surface area contributed by atoms with Gasteiger partial charge in [-0.15, -0.1) is 0 Å². The number of hydrogen-bond acceptors (Lipinski definition) is 5. The number of aromatic hydroxyl groups is 2. The zero-order valence-corrected chi connectivity index (χ0v) is 15.4. The van der Waals surface area contributed by atoms with Crippen LogP contribution in [-0.2, 0) is 4.79 Å². The van der Waals surface area contributed by atoms with Crippen molar-refractivity contribution < 1.29 is 24.5 Å². The second-order valence-corrected chi connectivity index (χ2v) is 6.38. The van der Waals surface area contributed by atoms with Gasteiger partial charge in [-0.05, 0) is 66.8 Å². The summed E-state index contributed by atoms with van der Waals surface area (Å²) in [5.41, 5.74) is 3.07. The molecule has 0 saturated heterocycles. The Labute approximate surface area is 158 Å². The lowest BCUT2D eigenvalue weighted by atomic mass is 9.87. The SMILES string of the molecule is COc1cc(C=C2CCCC(=Cc3ccc(O)c(OC)c3)C2=O)ccc1O. The summed E-state index contributed by atoms with van der Waals surface area (Å²) < 4.78 is 10.3. The normalized spacial score (nSPS) is 17.3. The fraction of sp³-hybridized carbons (Fsp3) is 0.227. The Hall–Kier alpha value is -3.21. The molecule has 0 amide bonds. The smallest absolute Gasteiger partial charge is 0.185 e.